The van der Waals surface area contributed by atoms with Gasteiger partial charge < -0.3 is 10.2 Å². The molecule has 0 aliphatic carbocycles. The first-order chi connectivity index (χ1) is 7.29. The number of aliphatic hydroxyl groups excluding tert-OH is 2. The monoisotopic (exact) mass is 226 g/mol. The predicted molar refractivity (Wildman–Crippen MR) is 66.6 cm³/mol. The summed E-state index contributed by atoms with van der Waals surface area (Å²) in [5.74, 6) is 0. The summed E-state index contributed by atoms with van der Waals surface area (Å²) < 4.78 is 0. The molecule has 1 aromatic carbocycles. The molecule has 0 aromatic heterocycles. The first-order valence-corrected chi connectivity index (χ1v) is 5.95. The number of hydrogen-bond acceptors (Lipinski definition) is 2. The van der Waals surface area contributed by atoms with E-state index in [9.17, 15) is 0 Å². The van der Waals surface area contributed by atoms with Gasteiger partial charge in [-0.2, -0.15) is 0 Å². The van der Waals surface area contributed by atoms with Crippen molar-refractivity contribution in [2.24, 2.45) is 0 Å². The van der Waals surface area contributed by atoms with Crippen LogP contribution in [0.1, 0.15) is 24.0 Å². The molecule has 1 aromatic rings. The third kappa shape index (κ3) is 3.90. The summed E-state index contributed by atoms with van der Waals surface area (Å²) in [6, 6.07) is 6.22. The van der Waals surface area contributed by atoms with Gasteiger partial charge in [0.15, 0.2) is 0 Å². The molecule has 2 N–H and O–H groups in total. The van der Waals surface area contributed by atoms with E-state index in [1.807, 2.05) is 6.07 Å². The van der Waals surface area contributed by atoms with Gasteiger partial charge in [-0.25, -0.2) is 0 Å². The number of benzene rings is 1. The molecule has 3 heteroatoms. The molecule has 0 aliphatic rings. The molecule has 0 bridgehead atoms. The van der Waals surface area contributed by atoms with Gasteiger partial charge in [0, 0.05) is 13.2 Å². The molecule has 0 aliphatic heterocycles. The largest absolute Gasteiger partial charge is 0.396 e. The normalized spacial score (nSPS) is 10.6. The highest BCUT2D eigenvalue weighted by atomic mass is 31.0. The predicted octanol–water partition coefficient (Wildman–Crippen LogP) is 1.04. The lowest BCUT2D eigenvalue weighted by molar-refractivity contribution is 0.286. The topological polar surface area (TPSA) is 40.5 Å². The zero-order chi connectivity index (χ0) is 11.1. The number of aryl methyl sites for hydroxylation is 1. The lowest BCUT2D eigenvalue weighted by atomic mass is 9.99. The fourth-order valence-corrected chi connectivity index (χ4v) is 2.16. The van der Waals surface area contributed by atoms with E-state index in [2.05, 4.69) is 21.4 Å². The molecule has 1 rings (SSSR count). The van der Waals surface area contributed by atoms with E-state index in [0.29, 0.717) is 0 Å². The highest BCUT2D eigenvalue weighted by Gasteiger charge is 2.04. The molecular weight excluding hydrogens is 207 g/mol. The van der Waals surface area contributed by atoms with E-state index in [1.54, 1.807) is 0 Å². The van der Waals surface area contributed by atoms with Crippen LogP contribution in [0.2, 0.25) is 0 Å². The van der Waals surface area contributed by atoms with Crippen LogP contribution in [-0.4, -0.2) is 23.4 Å². The number of rotatable bonds is 6. The van der Waals surface area contributed by atoms with Crippen molar-refractivity contribution in [3.05, 3.63) is 29.3 Å². The van der Waals surface area contributed by atoms with Crippen molar-refractivity contribution in [3.8, 4) is 0 Å². The maximum atomic E-state index is 8.84. The molecule has 0 heterocycles. The van der Waals surface area contributed by atoms with E-state index in [-0.39, 0.29) is 13.2 Å². The van der Waals surface area contributed by atoms with Crippen molar-refractivity contribution in [1.29, 1.82) is 0 Å². The lowest BCUT2D eigenvalue weighted by Crippen LogP contribution is -2.08. The Morgan fingerprint density at radius 1 is 1.00 bits per heavy atom. The molecule has 1 unspecified atom stereocenters. The smallest absolute Gasteiger partial charge is 0.0434 e. The molecule has 84 valence electrons. The van der Waals surface area contributed by atoms with E-state index in [0.717, 1.165) is 25.7 Å². The van der Waals surface area contributed by atoms with Gasteiger partial charge in [-0.3, -0.25) is 0 Å². The lowest BCUT2D eigenvalue weighted by Gasteiger charge is -2.11. The fourth-order valence-electron chi connectivity index (χ4n) is 1.72. The summed E-state index contributed by atoms with van der Waals surface area (Å²) in [5.41, 5.74) is 2.61. The molecule has 2 nitrogen and oxygen atoms in total. The SMILES string of the molecule is OCCCc1cccc(P)c1CCCO. The van der Waals surface area contributed by atoms with Gasteiger partial charge in [0.05, 0.1) is 0 Å². The molecule has 0 amide bonds. The minimum atomic E-state index is 0.235. The highest BCUT2D eigenvalue weighted by molar-refractivity contribution is 7.27. The second kappa shape index (κ2) is 6.95. The van der Waals surface area contributed by atoms with Crippen LogP contribution in [0.15, 0.2) is 18.2 Å². The molecule has 0 radical (unpaired) electrons. The molecule has 0 spiro atoms. The van der Waals surface area contributed by atoms with Crippen LogP contribution in [-0.2, 0) is 12.8 Å². The Balaban J connectivity index is 2.77. The Morgan fingerprint density at radius 3 is 2.33 bits per heavy atom. The van der Waals surface area contributed by atoms with Gasteiger partial charge in [-0.1, -0.05) is 18.2 Å². The summed E-state index contributed by atoms with van der Waals surface area (Å²) in [6.45, 7) is 0.471. The van der Waals surface area contributed by atoms with Gasteiger partial charge >= 0.3 is 0 Å². The van der Waals surface area contributed by atoms with Crippen molar-refractivity contribution in [2.45, 2.75) is 25.7 Å². The third-order valence-corrected chi connectivity index (χ3v) is 3.04. The van der Waals surface area contributed by atoms with Gasteiger partial charge in [-0.05, 0) is 42.1 Å². The van der Waals surface area contributed by atoms with Crippen molar-refractivity contribution in [1.82, 2.24) is 0 Å². The van der Waals surface area contributed by atoms with Crippen LogP contribution in [0.5, 0.6) is 0 Å². The Kier molecular flexibility index (Phi) is 5.85. The second-order valence-corrected chi connectivity index (χ2v) is 4.26. The van der Waals surface area contributed by atoms with Crippen LogP contribution >= 0.6 is 9.24 Å². The van der Waals surface area contributed by atoms with Crippen LogP contribution < -0.4 is 5.30 Å². The van der Waals surface area contributed by atoms with E-state index >= 15 is 0 Å². The molecule has 1 atom stereocenters. The Morgan fingerprint density at radius 2 is 1.67 bits per heavy atom. The molecular formula is C12H19O2P. The summed E-state index contributed by atoms with van der Waals surface area (Å²) >= 11 is 0. The highest BCUT2D eigenvalue weighted by Crippen LogP contribution is 2.13. The zero-order valence-corrected chi connectivity index (χ0v) is 10.1. The Bertz CT molecular complexity index is 300. The molecule has 0 fully saturated rings. The van der Waals surface area contributed by atoms with E-state index in [4.69, 9.17) is 10.2 Å². The number of hydrogen-bond donors (Lipinski definition) is 2. The summed E-state index contributed by atoms with van der Waals surface area (Å²) in [7, 11) is 2.74. The minimum absolute atomic E-state index is 0.235. The first kappa shape index (κ1) is 12.6. The maximum absolute atomic E-state index is 8.84. The van der Waals surface area contributed by atoms with Crippen molar-refractivity contribution in [3.63, 3.8) is 0 Å². The quantitative estimate of drug-likeness (QED) is 0.711. The standard InChI is InChI=1S/C12H19O2P/c13-8-2-5-10-4-1-7-12(15)11(10)6-3-9-14/h1,4,7,13-14H,2-3,5-6,8-9,15H2. The van der Waals surface area contributed by atoms with Crippen molar-refractivity contribution < 1.29 is 10.2 Å². The molecule has 15 heavy (non-hydrogen) atoms. The fraction of sp³-hybridized carbons (Fsp3) is 0.500. The van der Waals surface area contributed by atoms with Crippen LogP contribution in [0.25, 0.3) is 0 Å². The summed E-state index contributed by atoms with van der Waals surface area (Å²) in [6.07, 6.45) is 3.44. The molecule has 0 saturated carbocycles. The van der Waals surface area contributed by atoms with E-state index in [1.165, 1.54) is 16.4 Å². The zero-order valence-electron chi connectivity index (χ0n) is 8.95. The summed E-state index contributed by atoms with van der Waals surface area (Å²) in [4.78, 5) is 0. The second-order valence-electron chi connectivity index (χ2n) is 3.64. The van der Waals surface area contributed by atoms with Crippen LogP contribution in [0.4, 0.5) is 0 Å². The maximum Gasteiger partial charge on any atom is 0.0434 e. The minimum Gasteiger partial charge on any atom is -0.396 e. The van der Waals surface area contributed by atoms with Gasteiger partial charge in [-0.15, -0.1) is 9.24 Å². The summed E-state index contributed by atoms with van der Waals surface area (Å²) in [5, 5.41) is 18.9. The Hall–Kier alpha value is -0.430. The van der Waals surface area contributed by atoms with Gasteiger partial charge in [0.25, 0.3) is 0 Å². The Labute approximate surface area is 93.5 Å². The van der Waals surface area contributed by atoms with Gasteiger partial charge in [0.2, 0.25) is 0 Å². The third-order valence-electron chi connectivity index (χ3n) is 2.50. The first-order valence-electron chi connectivity index (χ1n) is 5.37. The van der Waals surface area contributed by atoms with Crippen LogP contribution in [0.3, 0.4) is 0 Å². The van der Waals surface area contributed by atoms with Crippen LogP contribution in [0, 0.1) is 0 Å². The average molecular weight is 226 g/mol. The number of aliphatic hydroxyl groups is 2. The van der Waals surface area contributed by atoms with Gasteiger partial charge in [0.1, 0.15) is 0 Å². The van der Waals surface area contributed by atoms with E-state index < -0.39 is 0 Å². The average Bonchev–Trinajstić information content (AvgIpc) is 2.25. The van der Waals surface area contributed by atoms with Crippen molar-refractivity contribution >= 4 is 14.5 Å². The van der Waals surface area contributed by atoms with Crippen molar-refractivity contribution in [2.75, 3.05) is 13.2 Å². The molecule has 0 saturated heterocycles.